The predicted molar refractivity (Wildman–Crippen MR) is 61.3 cm³/mol. The lowest BCUT2D eigenvalue weighted by atomic mass is 10.4. The number of halogens is 1. The SMILES string of the molecule is O=c1ncc([N+](=O)[O-])cn1Cc1cnc(Cl)cn1. The van der Waals surface area contributed by atoms with Gasteiger partial charge in [0.05, 0.1) is 35.8 Å². The summed E-state index contributed by atoms with van der Waals surface area (Å²) in [5.41, 5.74) is -0.419. The summed E-state index contributed by atoms with van der Waals surface area (Å²) in [5.74, 6) is 0. The van der Waals surface area contributed by atoms with Crippen LogP contribution in [-0.4, -0.2) is 24.4 Å². The second-order valence-electron chi connectivity index (χ2n) is 3.31. The molecule has 0 N–H and O–H groups in total. The summed E-state index contributed by atoms with van der Waals surface area (Å²) in [6.45, 7) is 0.0394. The van der Waals surface area contributed by atoms with Crippen molar-refractivity contribution in [1.29, 1.82) is 0 Å². The third-order valence-corrected chi connectivity index (χ3v) is 2.25. The molecule has 18 heavy (non-hydrogen) atoms. The molecule has 2 heterocycles. The van der Waals surface area contributed by atoms with Crippen LogP contribution < -0.4 is 5.69 Å². The molecule has 0 bridgehead atoms. The average Bonchev–Trinajstić information content (AvgIpc) is 2.34. The van der Waals surface area contributed by atoms with Crippen molar-refractivity contribution >= 4 is 17.3 Å². The molecule has 0 saturated carbocycles. The molecule has 0 radical (unpaired) electrons. The summed E-state index contributed by atoms with van der Waals surface area (Å²) in [6.07, 6.45) is 4.72. The van der Waals surface area contributed by atoms with Crippen molar-refractivity contribution in [2.75, 3.05) is 0 Å². The van der Waals surface area contributed by atoms with Crippen molar-refractivity contribution in [2.45, 2.75) is 6.54 Å². The molecule has 0 aliphatic carbocycles. The van der Waals surface area contributed by atoms with E-state index in [1.54, 1.807) is 0 Å². The number of nitrogens with zero attached hydrogens (tertiary/aromatic N) is 5. The predicted octanol–water partition coefficient (Wildman–Crippen LogP) is 0.643. The fraction of sp³-hybridized carbons (Fsp3) is 0.111. The van der Waals surface area contributed by atoms with Crippen LogP contribution in [0.25, 0.3) is 0 Å². The fourth-order valence-electron chi connectivity index (χ4n) is 1.25. The number of rotatable bonds is 3. The summed E-state index contributed by atoms with van der Waals surface area (Å²) in [6, 6.07) is 0. The maximum absolute atomic E-state index is 11.4. The highest BCUT2D eigenvalue weighted by Crippen LogP contribution is 2.06. The normalized spacial score (nSPS) is 10.3. The second kappa shape index (κ2) is 4.88. The first-order chi connectivity index (χ1) is 8.56. The molecule has 8 nitrogen and oxygen atoms in total. The Labute approximate surface area is 105 Å². The maximum Gasteiger partial charge on any atom is 0.348 e. The van der Waals surface area contributed by atoms with Gasteiger partial charge in [0.25, 0.3) is 0 Å². The van der Waals surface area contributed by atoms with E-state index in [0.717, 1.165) is 17.0 Å². The van der Waals surface area contributed by atoms with Gasteiger partial charge < -0.3 is 0 Å². The largest absolute Gasteiger partial charge is 0.348 e. The lowest BCUT2D eigenvalue weighted by molar-refractivity contribution is -0.385. The highest BCUT2D eigenvalue weighted by Gasteiger charge is 2.09. The average molecular weight is 268 g/mol. The van der Waals surface area contributed by atoms with Crippen LogP contribution in [0.4, 0.5) is 5.69 Å². The van der Waals surface area contributed by atoms with Crippen LogP contribution in [0.5, 0.6) is 0 Å². The highest BCUT2D eigenvalue weighted by atomic mass is 35.5. The van der Waals surface area contributed by atoms with Gasteiger partial charge in [0.1, 0.15) is 11.3 Å². The van der Waals surface area contributed by atoms with Crippen LogP contribution in [0.15, 0.2) is 29.6 Å². The van der Waals surface area contributed by atoms with E-state index in [-0.39, 0.29) is 17.4 Å². The summed E-state index contributed by atoms with van der Waals surface area (Å²) in [5, 5.41) is 10.8. The van der Waals surface area contributed by atoms with E-state index in [2.05, 4.69) is 15.0 Å². The van der Waals surface area contributed by atoms with Gasteiger partial charge in [-0.25, -0.2) is 9.78 Å². The van der Waals surface area contributed by atoms with Gasteiger partial charge in [-0.2, -0.15) is 4.98 Å². The zero-order chi connectivity index (χ0) is 13.1. The summed E-state index contributed by atoms with van der Waals surface area (Å²) in [7, 11) is 0. The Balaban J connectivity index is 2.33. The van der Waals surface area contributed by atoms with Crippen LogP contribution in [0.1, 0.15) is 5.69 Å². The van der Waals surface area contributed by atoms with Gasteiger partial charge >= 0.3 is 11.4 Å². The Morgan fingerprint density at radius 3 is 2.67 bits per heavy atom. The van der Waals surface area contributed by atoms with Crippen LogP contribution in [0.3, 0.4) is 0 Å². The van der Waals surface area contributed by atoms with Crippen molar-refractivity contribution in [3.63, 3.8) is 0 Å². The summed E-state index contributed by atoms with van der Waals surface area (Å²) < 4.78 is 1.08. The Morgan fingerprint density at radius 2 is 2.06 bits per heavy atom. The van der Waals surface area contributed by atoms with Gasteiger partial charge in [0, 0.05) is 0 Å². The van der Waals surface area contributed by atoms with Gasteiger partial charge in [0.2, 0.25) is 0 Å². The number of nitro groups is 1. The van der Waals surface area contributed by atoms with Gasteiger partial charge in [-0.3, -0.25) is 19.7 Å². The van der Waals surface area contributed by atoms with Crippen LogP contribution in [0.2, 0.25) is 5.15 Å². The van der Waals surface area contributed by atoms with Crippen molar-refractivity contribution in [3.05, 3.63) is 56.2 Å². The molecule has 0 amide bonds. The molecule has 9 heteroatoms. The Morgan fingerprint density at radius 1 is 1.28 bits per heavy atom. The minimum Gasteiger partial charge on any atom is -0.286 e. The molecular weight excluding hydrogens is 262 g/mol. The van der Waals surface area contributed by atoms with E-state index in [1.807, 2.05) is 0 Å². The third-order valence-electron chi connectivity index (χ3n) is 2.06. The van der Waals surface area contributed by atoms with Crippen molar-refractivity contribution in [3.8, 4) is 0 Å². The van der Waals surface area contributed by atoms with E-state index in [9.17, 15) is 14.9 Å². The fourth-order valence-corrected chi connectivity index (χ4v) is 1.34. The molecular formula is C9H6ClN5O3. The highest BCUT2D eigenvalue weighted by molar-refractivity contribution is 6.29. The maximum atomic E-state index is 11.4. The van der Waals surface area contributed by atoms with E-state index in [4.69, 9.17) is 11.6 Å². The van der Waals surface area contributed by atoms with Crippen LogP contribution >= 0.6 is 11.6 Å². The monoisotopic (exact) mass is 267 g/mol. The smallest absolute Gasteiger partial charge is 0.286 e. The molecule has 0 unspecified atom stereocenters. The zero-order valence-corrected chi connectivity index (χ0v) is 9.61. The molecule has 0 aliphatic rings. The quantitative estimate of drug-likeness (QED) is 0.597. The lowest BCUT2D eigenvalue weighted by Crippen LogP contribution is -2.23. The molecule has 0 atom stereocenters. The van der Waals surface area contributed by atoms with Crippen molar-refractivity contribution in [1.82, 2.24) is 19.5 Å². The Kier molecular flexibility index (Phi) is 3.28. The van der Waals surface area contributed by atoms with Crippen LogP contribution in [-0.2, 0) is 6.54 Å². The Hall–Kier alpha value is -2.35. The summed E-state index contributed by atoms with van der Waals surface area (Å²) >= 11 is 5.57. The van der Waals surface area contributed by atoms with Crippen LogP contribution in [0, 0.1) is 10.1 Å². The van der Waals surface area contributed by atoms with Crippen molar-refractivity contribution in [2.24, 2.45) is 0 Å². The van der Waals surface area contributed by atoms with Gasteiger partial charge in [-0.15, -0.1) is 0 Å². The van der Waals surface area contributed by atoms with E-state index in [0.29, 0.717) is 5.69 Å². The Bertz CT molecular complexity index is 639. The van der Waals surface area contributed by atoms with Gasteiger partial charge in [-0.1, -0.05) is 11.6 Å². The second-order valence-corrected chi connectivity index (χ2v) is 3.70. The molecule has 0 saturated heterocycles. The number of hydrogen-bond acceptors (Lipinski definition) is 6. The van der Waals surface area contributed by atoms with Gasteiger partial charge in [-0.05, 0) is 0 Å². The topological polar surface area (TPSA) is 104 Å². The first kappa shape index (κ1) is 12.1. The van der Waals surface area contributed by atoms with Crippen molar-refractivity contribution < 1.29 is 4.92 Å². The third kappa shape index (κ3) is 2.66. The first-order valence-corrected chi connectivity index (χ1v) is 5.11. The molecule has 0 aliphatic heterocycles. The molecule has 2 aromatic heterocycles. The molecule has 2 aromatic rings. The molecule has 0 fully saturated rings. The van der Waals surface area contributed by atoms with Gasteiger partial charge in [0.15, 0.2) is 0 Å². The molecule has 92 valence electrons. The zero-order valence-electron chi connectivity index (χ0n) is 8.86. The van der Waals surface area contributed by atoms with E-state index < -0.39 is 10.6 Å². The minimum atomic E-state index is -0.628. The molecule has 2 rings (SSSR count). The number of aromatic nitrogens is 4. The molecule has 0 aromatic carbocycles. The minimum absolute atomic E-state index is 0.0394. The first-order valence-electron chi connectivity index (χ1n) is 4.73. The standard InChI is InChI=1S/C9H6ClN5O3/c10-8-3-11-6(1-12-8)4-14-5-7(15(17)18)2-13-9(14)16/h1-3,5H,4H2. The molecule has 0 spiro atoms. The summed E-state index contributed by atoms with van der Waals surface area (Å²) in [4.78, 5) is 32.5. The number of hydrogen-bond donors (Lipinski definition) is 0. The lowest BCUT2D eigenvalue weighted by Gasteiger charge is -2.03. The van der Waals surface area contributed by atoms with E-state index in [1.165, 1.54) is 12.4 Å². The van der Waals surface area contributed by atoms with E-state index >= 15 is 0 Å².